The first-order valence-corrected chi connectivity index (χ1v) is 10.5. The largest absolute Gasteiger partial charge is 0.457 e. The Morgan fingerprint density at radius 2 is 1.67 bits per heavy atom. The Hall–Kier alpha value is -3.11. The molecular weight excluding hydrogens is 372 g/mol. The Morgan fingerprint density at radius 1 is 1.00 bits per heavy atom. The van der Waals surface area contributed by atoms with Crippen LogP contribution in [0.2, 0.25) is 0 Å². The Kier molecular flexibility index (Phi) is 4.80. The van der Waals surface area contributed by atoms with E-state index >= 15 is 0 Å². The van der Waals surface area contributed by atoms with Crippen molar-refractivity contribution in [2.45, 2.75) is 31.8 Å². The minimum absolute atomic E-state index is 0.0293. The number of ether oxygens (including phenoxy) is 1. The van der Waals surface area contributed by atoms with Crippen molar-refractivity contribution in [2.75, 3.05) is 13.6 Å². The van der Waals surface area contributed by atoms with Crippen molar-refractivity contribution in [1.82, 2.24) is 10.2 Å². The van der Waals surface area contributed by atoms with E-state index in [1.165, 1.54) is 16.7 Å². The molecule has 0 bridgehead atoms. The summed E-state index contributed by atoms with van der Waals surface area (Å²) in [5, 5.41) is 3.24. The van der Waals surface area contributed by atoms with Gasteiger partial charge in [-0.25, -0.2) is 0 Å². The summed E-state index contributed by atoms with van der Waals surface area (Å²) in [6, 6.07) is 22.6. The van der Waals surface area contributed by atoms with Crippen molar-refractivity contribution in [2.24, 2.45) is 0 Å². The van der Waals surface area contributed by atoms with Crippen molar-refractivity contribution < 1.29 is 9.53 Å². The van der Waals surface area contributed by atoms with Crippen LogP contribution < -0.4 is 10.1 Å². The summed E-state index contributed by atoms with van der Waals surface area (Å²) in [7, 11) is 2.14. The maximum absolute atomic E-state index is 13.4. The van der Waals surface area contributed by atoms with Gasteiger partial charge in [0.25, 0.3) is 0 Å². The molecule has 0 spiro atoms. The topological polar surface area (TPSA) is 41.6 Å². The lowest BCUT2D eigenvalue weighted by molar-refractivity contribution is -0.122. The molecule has 2 aliphatic rings. The van der Waals surface area contributed by atoms with Gasteiger partial charge in [0.2, 0.25) is 5.91 Å². The van der Waals surface area contributed by atoms with Crippen LogP contribution in [0.25, 0.3) is 0 Å². The van der Waals surface area contributed by atoms with E-state index in [1.54, 1.807) is 0 Å². The van der Waals surface area contributed by atoms with Crippen LogP contribution in [0.15, 0.2) is 66.7 Å². The quantitative estimate of drug-likeness (QED) is 0.711. The summed E-state index contributed by atoms with van der Waals surface area (Å²) < 4.78 is 6.03. The second-order valence-corrected chi connectivity index (χ2v) is 8.40. The molecular formula is C26H26N2O2. The number of amides is 1. The molecule has 0 radical (unpaired) electrons. The van der Waals surface area contributed by atoms with E-state index in [4.69, 9.17) is 4.74 Å². The van der Waals surface area contributed by atoms with Crippen molar-refractivity contribution in [1.29, 1.82) is 0 Å². The summed E-state index contributed by atoms with van der Waals surface area (Å²) >= 11 is 0. The van der Waals surface area contributed by atoms with Gasteiger partial charge in [-0.1, -0.05) is 60.2 Å². The van der Waals surface area contributed by atoms with E-state index in [1.807, 2.05) is 48.5 Å². The summed E-state index contributed by atoms with van der Waals surface area (Å²) in [6.07, 6.45) is 0.953. The molecule has 30 heavy (non-hydrogen) atoms. The van der Waals surface area contributed by atoms with Crippen molar-refractivity contribution >= 4 is 5.91 Å². The fraction of sp³-hybridized carbons (Fsp3) is 0.269. The molecule has 1 atom stereocenters. The summed E-state index contributed by atoms with van der Waals surface area (Å²) in [4.78, 5) is 15.7. The summed E-state index contributed by atoms with van der Waals surface area (Å²) in [5.41, 5.74) is 5.92. The number of hydrogen-bond donors (Lipinski definition) is 1. The van der Waals surface area contributed by atoms with Gasteiger partial charge in [-0.2, -0.15) is 0 Å². The maximum Gasteiger partial charge on any atom is 0.232 e. The molecule has 0 saturated heterocycles. The molecule has 5 rings (SSSR count). The lowest BCUT2D eigenvalue weighted by Crippen LogP contribution is -2.46. The molecule has 3 aromatic rings. The van der Waals surface area contributed by atoms with Crippen LogP contribution in [-0.2, 0) is 17.8 Å². The van der Waals surface area contributed by atoms with Crippen LogP contribution in [0.5, 0.6) is 11.5 Å². The van der Waals surface area contributed by atoms with Crippen LogP contribution in [0.3, 0.4) is 0 Å². The van der Waals surface area contributed by atoms with Crippen LogP contribution in [0, 0.1) is 6.92 Å². The highest BCUT2D eigenvalue weighted by molar-refractivity contribution is 5.89. The Labute approximate surface area is 177 Å². The van der Waals surface area contributed by atoms with E-state index in [9.17, 15) is 4.79 Å². The minimum atomic E-state index is -0.352. The SMILES string of the molecule is Cc1ccc2c(c1)C[C@H](CNC(=O)C1c3ccccc3Oc3ccccc31)N(C)C2. The van der Waals surface area contributed by atoms with Crippen LogP contribution in [-0.4, -0.2) is 30.4 Å². The Morgan fingerprint density at radius 3 is 2.37 bits per heavy atom. The number of nitrogens with zero attached hydrogens (tertiary/aromatic N) is 1. The molecule has 1 amide bonds. The molecule has 4 nitrogen and oxygen atoms in total. The standard InChI is InChI=1S/C26H26N2O2/c1-17-11-12-18-16-28(2)20(14-19(18)13-17)15-27-26(29)25-21-7-3-5-9-23(21)30-24-10-6-4-8-22(24)25/h3-13,20,25H,14-16H2,1-2H3,(H,27,29)/t20-/m1/s1. The van der Waals surface area contributed by atoms with Crippen molar-refractivity contribution in [3.63, 3.8) is 0 Å². The van der Waals surface area contributed by atoms with Gasteiger partial charge in [0, 0.05) is 30.3 Å². The molecule has 3 aromatic carbocycles. The summed E-state index contributed by atoms with van der Waals surface area (Å²) in [6.45, 7) is 3.68. The molecule has 0 fully saturated rings. The lowest BCUT2D eigenvalue weighted by atomic mass is 9.87. The first-order chi connectivity index (χ1) is 14.6. The van der Waals surface area contributed by atoms with Gasteiger partial charge in [-0.15, -0.1) is 0 Å². The van der Waals surface area contributed by atoms with Crippen LogP contribution in [0.4, 0.5) is 0 Å². The Balaban J connectivity index is 1.36. The number of fused-ring (bicyclic) bond motifs is 3. The molecule has 0 aliphatic carbocycles. The zero-order valence-corrected chi connectivity index (χ0v) is 17.4. The minimum Gasteiger partial charge on any atom is -0.457 e. The average molecular weight is 399 g/mol. The first kappa shape index (κ1) is 18.9. The van der Waals surface area contributed by atoms with Crippen molar-refractivity contribution in [3.8, 4) is 11.5 Å². The third-order valence-electron chi connectivity index (χ3n) is 6.31. The molecule has 2 aliphatic heterocycles. The number of benzene rings is 3. The predicted octanol–water partition coefficient (Wildman–Crippen LogP) is 4.41. The van der Waals surface area contributed by atoms with Gasteiger partial charge >= 0.3 is 0 Å². The second kappa shape index (κ2) is 7.62. The molecule has 0 unspecified atom stereocenters. The van der Waals surface area contributed by atoms with Gasteiger partial charge in [0.05, 0.1) is 5.92 Å². The number of carbonyl (C=O) groups excluding carboxylic acids is 1. The molecule has 1 N–H and O–H groups in total. The van der Waals surface area contributed by atoms with Crippen LogP contribution in [0.1, 0.15) is 33.7 Å². The van der Waals surface area contributed by atoms with Gasteiger partial charge in [0.15, 0.2) is 0 Å². The third-order valence-corrected chi connectivity index (χ3v) is 6.31. The molecule has 0 saturated carbocycles. The Bertz CT molecular complexity index is 1060. The smallest absolute Gasteiger partial charge is 0.232 e. The van der Waals surface area contributed by atoms with E-state index in [2.05, 4.69) is 42.4 Å². The fourth-order valence-electron chi connectivity index (χ4n) is 4.65. The van der Waals surface area contributed by atoms with Gasteiger partial charge in [-0.05, 0) is 43.7 Å². The number of aryl methyl sites for hydroxylation is 1. The average Bonchev–Trinajstić information content (AvgIpc) is 2.76. The number of hydrogen-bond acceptors (Lipinski definition) is 3. The van der Waals surface area contributed by atoms with E-state index in [-0.39, 0.29) is 17.9 Å². The number of likely N-dealkylation sites (N-methyl/N-ethyl adjacent to an activating group) is 1. The van der Waals surface area contributed by atoms with Gasteiger partial charge in [0.1, 0.15) is 11.5 Å². The first-order valence-electron chi connectivity index (χ1n) is 10.5. The normalized spacial score (nSPS) is 18.0. The van der Waals surface area contributed by atoms with Crippen molar-refractivity contribution in [3.05, 3.63) is 94.5 Å². The lowest BCUT2D eigenvalue weighted by Gasteiger charge is -2.35. The second-order valence-electron chi connectivity index (χ2n) is 8.40. The van der Waals surface area contributed by atoms with Gasteiger partial charge < -0.3 is 10.1 Å². The molecule has 4 heteroatoms. The molecule has 2 heterocycles. The van der Waals surface area contributed by atoms with Gasteiger partial charge in [-0.3, -0.25) is 9.69 Å². The zero-order chi connectivity index (χ0) is 20.7. The fourth-order valence-corrected chi connectivity index (χ4v) is 4.65. The highest BCUT2D eigenvalue weighted by atomic mass is 16.5. The van der Waals surface area contributed by atoms with Crippen LogP contribution >= 0.6 is 0 Å². The molecule has 152 valence electrons. The monoisotopic (exact) mass is 398 g/mol. The number of para-hydroxylation sites is 2. The highest BCUT2D eigenvalue weighted by Gasteiger charge is 2.33. The number of nitrogens with one attached hydrogen (secondary N) is 1. The predicted molar refractivity (Wildman–Crippen MR) is 118 cm³/mol. The van der Waals surface area contributed by atoms with E-state index in [0.717, 1.165) is 35.6 Å². The third kappa shape index (κ3) is 3.37. The number of carbonyl (C=O) groups is 1. The highest BCUT2D eigenvalue weighted by Crippen LogP contribution is 2.43. The maximum atomic E-state index is 13.4. The van der Waals surface area contributed by atoms with E-state index in [0.29, 0.717) is 6.54 Å². The number of rotatable bonds is 3. The zero-order valence-electron chi connectivity index (χ0n) is 17.4. The summed E-state index contributed by atoms with van der Waals surface area (Å²) in [5.74, 6) is 1.20. The molecule has 0 aromatic heterocycles. The van der Waals surface area contributed by atoms with E-state index < -0.39 is 0 Å².